The third kappa shape index (κ3) is 5.16. The summed E-state index contributed by atoms with van der Waals surface area (Å²) in [6.07, 6.45) is 2.46. The Hall–Kier alpha value is -3.54. The van der Waals surface area contributed by atoms with Gasteiger partial charge in [0.05, 0.1) is 17.3 Å². The van der Waals surface area contributed by atoms with E-state index < -0.39 is 29.3 Å². The molecule has 0 unspecified atom stereocenters. The van der Waals surface area contributed by atoms with Crippen LogP contribution in [0.15, 0.2) is 65.3 Å². The Kier molecular flexibility index (Phi) is 7.20. The van der Waals surface area contributed by atoms with E-state index in [4.69, 9.17) is 14.2 Å². The highest BCUT2D eigenvalue weighted by Crippen LogP contribution is 2.38. The number of methoxy groups -OCH3 is 1. The average Bonchev–Trinajstić information content (AvgIpc) is 2.77. The van der Waals surface area contributed by atoms with Crippen LogP contribution in [0.1, 0.15) is 6.92 Å². The molecule has 0 N–H and O–H groups in total. The Morgan fingerprint density at radius 1 is 1.32 bits per heavy atom. The summed E-state index contributed by atoms with van der Waals surface area (Å²) in [5.74, 6) is -4.31. The molecule has 180 valence electrons. The molecule has 0 bridgehead atoms. The van der Waals surface area contributed by atoms with Crippen LogP contribution in [0.25, 0.3) is 0 Å². The zero-order chi connectivity index (χ0) is 25.2. The number of allylic oxidation sites excluding steroid dienone is 2. The normalized spacial score (nSPS) is 14.1. The van der Waals surface area contributed by atoms with Crippen LogP contribution < -0.4 is 14.4 Å². The SMILES string of the molecule is C=C(COc1ncccc1Oc1nc(N2C(=C)C=C(C(C)(F)F)N(C)C2=O)c(F)cc1Br)OC. The number of nitrogens with zero attached hydrogens (tertiary/aromatic N) is 4. The van der Waals surface area contributed by atoms with Gasteiger partial charge in [-0.15, -0.1) is 0 Å². The van der Waals surface area contributed by atoms with Gasteiger partial charge < -0.3 is 14.2 Å². The topological polar surface area (TPSA) is 77.0 Å². The first-order chi connectivity index (χ1) is 15.9. The summed E-state index contributed by atoms with van der Waals surface area (Å²) in [6, 6.07) is 3.17. The van der Waals surface area contributed by atoms with Crippen molar-refractivity contribution in [3.8, 4) is 17.5 Å². The molecule has 12 heteroatoms. The van der Waals surface area contributed by atoms with E-state index in [2.05, 4.69) is 39.1 Å². The lowest BCUT2D eigenvalue weighted by Crippen LogP contribution is -2.47. The van der Waals surface area contributed by atoms with Crippen LogP contribution in [0.4, 0.5) is 23.8 Å². The summed E-state index contributed by atoms with van der Waals surface area (Å²) in [4.78, 5) is 22.5. The van der Waals surface area contributed by atoms with Gasteiger partial charge in [0.2, 0.25) is 5.88 Å². The smallest absolute Gasteiger partial charge is 0.334 e. The Morgan fingerprint density at radius 2 is 2.03 bits per heavy atom. The summed E-state index contributed by atoms with van der Waals surface area (Å²) >= 11 is 3.17. The van der Waals surface area contributed by atoms with Crippen molar-refractivity contribution < 1.29 is 32.2 Å². The molecule has 34 heavy (non-hydrogen) atoms. The second-order valence-corrected chi connectivity index (χ2v) is 7.96. The molecule has 2 aromatic heterocycles. The van der Waals surface area contributed by atoms with Crippen molar-refractivity contribution in [2.75, 3.05) is 25.7 Å². The summed E-state index contributed by atoms with van der Waals surface area (Å²) in [7, 11) is 2.59. The molecule has 0 radical (unpaired) electrons. The summed E-state index contributed by atoms with van der Waals surface area (Å²) in [5.41, 5.74) is -0.773. The van der Waals surface area contributed by atoms with E-state index in [0.717, 1.165) is 24.1 Å². The summed E-state index contributed by atoms with van der Waals surface area (Å²) in [5, 5.41) is 0. The number of urea groups is 1. The molecule has 1 aliphatic heterocycles. The highest BCUT2D eigenvalue weighted by atomic mass is 79.9. The van der Waals surface area contributed by atoms with Gasteiger partial charge in [-0.1, -0.05) is 13.2 Å². The molecular weight excluding hydrogens is 521 g/mol. The molecule has 2 amide bonds. The van der Waals surface area contributed by atoms with E-state index in [1.807, 2.05) is 0 Å². The molecule has 0 fully saturated rings. The van der Waals surface area contributed by atoms with Crippen molar-refractivity contribution >= 4 is 27.8 Å². The third-order valence-electron chi connectivity index (χ3n) is 4.57. The molecule has 0 aliphatic carbocycles. The maximum absolute atomic E-state index is 14.9. The predicted octanol–water partition coefficient (Wildman–Crippen LogP) is 5.63. The number of carbonyl (C=O) groups is 1. The fraction of sp³-hybridized carbons (Fsp3) is 0.227. The molecule has 0 aromatic carbocycles. The van der Waals surface area contributed by atoms with Gasteiger partial charge in [-0.25, -0.2) is 27.8 Å². The highest BCUT2D eigenvalue weighted by molar-refractivity contribution is 9.10. The second kappa shape index (κ2) is 9.75. The number of aromatic nitrogens is 2. The van der Waals surface area contributed by atoms with Gasteiger partial charge >= 0.3 is 6.03 Å². The first-order valence-electron chi connectivity index (χ1n) is 9.64. The van der Waals surface area contributed by atoms with E-state index in [0.29, 0.717) is 17.6 Å². The van der Waals surface area contributed by atoms with Crippen molar-refractivity contribution in [3.63, 3.8) is 0 Å². The first kappa shape index (κ1) is 25.1. The fourth-order valence-electron chi connectivity index (χ4n) is 2.89. The molecule has 8 nitrogen and oxygen atoms in total. The maximum atomic E-state index is 14.9. The van der Waals surface area contributed by atoms with Crippen LogP contribution in [0, 0.1) is 5.82 Å². The Balaban J connectivity index is 1.98. The standard InChI is InChI=1S/C22H20BrF3N4O4/c1-12-9-17(22(3,25)26)29(4)21(31)30(12)18-15(24)10-14(23)19(28-18)34-16-7-6-8-27-20(16)33-11-13(2)32-5/h6-10H,1-2,11H2,3-5H3. The minimum atomic E-state index is -3.32. The minimum absolute atomic E-state index is 0.00168. The van der Waals surface area contributed by atoms with Gasteiger partial charge in [-0.05, 0) is 40.2 Å². The Labute approximate surface area is 202 Å². The first-order valence-corrected chi connectivity index (χ1v) is 10.4. The molecule has 0 spiro atoms. The van der Waals surface area contributed by atoms with Crippen LogP contribution >= 0.6 is 15.9 Å². The number of anilines is 1. The van der Waals surface area contributed by atoms with Gasteiger partial charge in [0.15, 0.2) is 17.4 Å². The quantitative estimate of drug-likeness (QED) is 0.403. The fourth-order valence-corrected chi connectivity index (χ4v) is 3.26. The zero-order valence-electron chi connectivity index (χ0n) is 18.4. The van der Waals surface area contributed by atoms with Crippen LogP contribution in [-0.4, -0.2) is 47.6 Å². The number of ether oxygens (including phenoxy) is 3. The minimum Gasteiger partial charge on any atom is -0.498 e. The average molecular weight is 541 g/mol. The summed E-state index contributed by atoms with van der Waals surface area (Å²) < 4.78 is 59.0. The Morgan fingerprint density at radius 3 is 2.68 bits per heavy atom. The molecule has 3 rings (SSSR count). The monoisotopic (exact) mass is 540 g/mol. The van der Waals surface area contributed by atoms with Crippen LogP contribution in [0.2, 0.25) is 0 Å². The molecule has 1 aliphatic rings. The summed E-state index contributed by atoms with van der Waals surface area (Å²) in [6.45, 7) is 7.91. The molecular formula is C22H20BrF3N4O4. The highest BCUT2D eigenvalue weighted by Gasteiger charge is 2.40. The molecule has 0 saturated carbocycles. The molecule has 0 atom stereocenters. The van der Waals surface area contributed by atoms with Crippen LogP contribution in [-0.2, 0) is 4.74 Å². The van der Waals surface area contributed by atoms with Crippen molar-refractivity contribution in [1.82, 2.24) is 14.9 Å². The van der Waals surface area contributed by atoms with E-state index >= 15 is 0 Å². The van der Waals surface area contributed by atoms with Crippen LogP contribution in [0.3, 0.4) is 0 Å². The van der Waals surface area contributed by atoms with Gasteiger partial charge in [-0.2, -0.15) is 4.98 Å². The number of rotatable bonds is 8. The van der Waals surface area contributed by atoms with E-state index in [-0.39, 0.29) is 34.3 Å². The van der Waals surface area contributed by atoms with Gasteiger partial charge in [0.1, 0.15) is 12.4 Å². The van der Waals surface area contributed by atoms with Crippen LogP contribution in [0.5, 0.6) is 17.5 Å². The Bertz CT molecular complexity index is 1180. The van der Waals surface area contributed by atoms with E-state index in [1.54, 1.807) is 6.07 Å². The zero-order valence-corrected chi connectivity index (χ0v) is 20.0. The second-order valence-electron chi connectivity index (χ2n) is 7.11. The third-order valence-corrected chi connectivity index (χ3v) is 5.14. The van der Waals surface area contributed by atoms with E-state index in [9.17, 15) is 18.0 Å². The van der Waals surface area contributed by atoms with Crippen molar-refractivity contribution in [3.05, 3.63) is 71.1 Å². The number of hydrogen-bond acceptors (Lipinski definition) is 6. The lowest BCUT2D eigenvalue weighted by atomic mass is 10.1. The number of amides is 2. The van der Waals surface area contributed by atoms with E-state index in [1.165, 1.54) is 19.4 Å². The number of halogens is 4. The molecule has 2 aromatic rings. The van der Waals surface area contributed by atoms with Crippen molar-refractivity contribution in [2.24, 2.45) is 0 Å². The number of alkyl halides is 2. The lowest BCUT2D eigenvalue weighted by Gasteiger charge is -2.36. The lowest BCUT2D eigenvalue weighted by molar-refractivity contribution is 0.0394. The number of carbonyl (C=O) groups excluding carboxylic acids is 1. The van der Waals surface area contributed by atoms with Gasteiger partial charge in [-0.3, -0.25) is 4.90 Å². The van der Waals surface area contributed by atoms with Crippen molar-refractivity contribution in [2.45, 2.75) is 12.8 Å². The van der Waals surface area contributed by atoms with Gasteiger partial charge in [0.25, 0.3) is 11.8 Å². The maximum Gasteiger partial charge on any atom is 0.334 e. The number of hydrogen-bond donors (Lipinski definition) is 0. The predicted molar refractivity (Wildman–Crippen MR) is 121 cm³/mol. The molecule has 3 heterocycles. The van der Waals surface area contributed by atoms with Gasteiger partial charge in [0, 0.05) is 25.9 Å². The largest absolute Gasteiger partial charge is 0.498 e. The number of pyridine rings is 2. The molecule has 0 saturated heterocycles. The van der Waals surface area contributed by atoms with Crippen molar-refractivity contribution in [1.29, 1.82) is 0 Å².